The lowest BCUT2D eigenvalue weighted by molar-refractivity contribution is 0.122. The van der Waals surface area contributed by atoms with Crippen LogP contribution >= 0.6 is 0 Å². The number of nitrogens with zero attached hydrogens (tertiary/aromatic N) is 1. The number of hydrogen-bond donors (Lipinski definition) is 1. The molecular formula is C20H25FN2O3. The predicted molar refractivity (Wildman–Crippen MR) is 99.5 cm³/mol. The summed E-state index contributed by atoms with van der Waals surface area (Å²) in [5.41, 5.74) is 2.64. The van der Waals surface area contributed by atoms with Gasteiger partial charge in [-0.05, 0) is 35.4 Å². The molecule has 0 spiro atoms. The average molecular weight is 360 g/mol. The van der Waals surface area contributed by atoms with E-state index in [0.29, 0.717) is 43.5 Å². The Morgan fingerprint density at radius 2 is 1.62 bits per heavy atom. The molecule has 26 heavy (non-hydrogen) atoms. The first-order chi connectivity index (χ1) is 12.7. The predicted octanol–water partition coefficient (Wildman–Crippen LogP) is 2.97. The second-order valence-corrected chi connectivity index (χ2v) is 6.18. The van der Waals surface area contributed by atoms with Crippen LogP contribution in [-0.2, 0) is 17.8 Å². The van der Waals surface area contributed by atoms with E-state index in [2.05, 4.69) is 5.32 Å². The van der Waals surface area contributed by atoms with Gasteiger partial charge in [-0.15, -0.1) is 0 Å². The Labute approximate surface area is 153 Å². The van der Waals surface area contributed by atoms with Crippen LogP contribution in [0, 0.1) is 5.82 Å². The molecule has 6 heteroatoms. The molecule has 5 nitrogen and oxygen atoms in total. The zero-order valence-electron chi connectivity index (χ0n) is 15.3. The molecular weight excluding hydrogens is 335 g/mol. The molecule has 0 atom stereocenters. The lowest BCUT2D eigenvalue weighted by Gasteiger charge is -2.29. The van der Waals surface area contributed by atoms with Crippen molar-refractivity contribution in [3.8, 4) is 11.5 Å². The van der Waals surface area contributed by atoms with Crippen LogP contribution in [0.4, 0.5) is 10.1 Å². The smallest absolute Gasteiger partial charge is 0.161 e. The van der Waals surface area contributed by atoms with Crippen molar-refractivity contribution in [2.24, 2.45) is 0 Å². The van der Waals surface area contributed by atoms with E-state index in [1.54, 1.807) is 20.3 Å². The first-order valence-electron chi connectivity index (χ1n) is 8.74. The molecule has 0 amide bonds. The number of halogens is 1. The summed E-state index contributed by atoms with van der Waals surface area (Å²) in [7, 11) is 3.23. The second-order valence-electron chi connectivity index (χ2n) is 6.18. The van der Waals surface area contributed by atoms with Gasteiger partial charge in [0.2, 0.25) is 0 Å². The minimum atomic E-state index is -0.183. The maximum absolute atomic E-state index is 14.4. The fourth-order valence-corrected chi connectivity index (χ4v) is 3.06. The Hall–Kier alpha value is -2.31. The van der Waals surface area contributed by atoms with Gasteiger partial charge in [0.1, 0.15) is 5.82 Å². The number of nitrogens with one attached hydrogen (secondary N) is 1. The Bertz CT molecular complexity index is 733. The summed E-state index contributed by atoms with van der Waals surface area (Å²) in [5.74, 6) is 1.22. The minimum absolute atomic E-state index is 0.183. The maximum Gasteiger partial charge on any atom is 0.161 e. The van der Waals surface area contributed by atoms with Gasteiger partial charge >= 0.3 is 0 Å². The molecule has 1 aliphatic heterocycles. The Morgan fingerprint density at radius 1 is 0.962 bits per heavy atom. The van der Waals surface area contributed by atoms with Crippen molar-refractivity contribution in [1.29, 1.82) is 0 Å². The number of ether oxygens (including phenoxy) is 3. The van der Waals surface area contributed by atoms with Gasteiger partial charge in [-0.3, -0.25) is 0 Å². The molecule has 140 valence electrons. The van der Waals surface area contributed by atoms with E-state index >= 15 is 0 Å². The molecule has 0 saturated carbocycles. The van der Waals surface area contributed by atoms with Gasteiger partial charge in [0.25, 0.3) is 0 Å². The SMILES string of the molecule is COc1ccc(CNCc2ccc(N3CCOCC3)c(F)c2)cc1OC. The van der Waals surface area contributed by atoms with Gasteiger partial charge in [0.15, 0.2) is 11.5 Å². The summed E-state index contributed by atoms with van der Waals surface area (Å²) in [6.45, 7) is 4.01. The standard InChI is InChI=1S/C20H25FN2O3/c1-24-19-6-4-16(12-20(19)25-2)14-22-13-15-3-5-18(17(21)11-15)23-7-9-26-10-8-23/h3-6,11-12,22H,7-10,13-14H2,1-2H3. The first-order valence-corrected chi connectivity index (χ1v) is 8.74. The molecule has 1 saturated heterocycles. The van der Waals surface area contributed by atoms with E-state index in [9.17, 15) is 4.39 Å². The monoisotopic (exact) mass is 360 g/mol. The summed E-state index contributed by atoms with van der Waals surface area (Å²) >= 11 is 0. The quantitative estimate of drug-likeness (QED) is 0.822. The zero-order chi connectivity index (χ0) is 18.4. The van der Waals surface area contributed by atoms with Crippen LogP contribution in [0.25, 0.3) is 0 Å². The molecule has 2 aromatic carbocycles. The van der Waals surface area contributed by atoms with Crippen molar-refractivity contribution < 1.29 is 18.6 Å². The van der Waals surface area contributed by atoms with Crippen molar-refractivity contribution in [2.75, 3.05) is 45.4 Å². The van der Waals surface area contributed by atoms with Crippen LogP contribution in [0.2, 0.25) is 0 Å². The average Bonchev–Trinajstić information content (AvgIpc) is 2.68. The number of benzene rings is 2. The van der Waals surface area contributed by atoms with Crippen molar-refractivity contribution in [1.82, 2.24) is 5.32 Å². The van der Waals surface area contributed by atoms with E-state index < -0.39 is 0 Å². The number of anilines is 1. The molecule has 0 aliphatic carbocycles. The highest BCUT2D eigenvalue weighted by atomic mass is 19.1. The molecule has 1 fully saturated rings. The summed E-state index contributed by atoms with van der Waals surface area (Å²) in [6.07, 6.45) is 0. The van der Waals surface area contributed by atoms with Crippen molar-refractivity contribution in [3.05, 3.63) is 53.3 Å². The van der Waals surface area contributed by atoms with Crippen LogP contribution in [0.3, 0.4) is 0 Å². The van der Waals surface area contributed by atoms with Gasteiger partial charge < -0.3 is 24.4 Å². The molecule has 0 aromatic heterocycles. The zero-order valence-corrected chi connectivity index (χ0v) is 15.3. The fourth-order valence-electron chi connectivity index (χ4n) is 3.06. The molecule has 1 heterocycles. The lowest BCUT2D eigenvalue weighted by atomic mass is 10.1. The second kappa shape index (κ2) is 8.87. The largest absolute Gasteiger partial charge is 0.493 e. The maximum atomic E-state index is 14.4. The van der Waals surface area contributed by atoms with E-state index in [1.165, 1.54) is 0 Å². The lowest BCUT2D eigenvalue weighted by Crippen LogP contribution is -2.36. The molecule has 0 unspecified atom stereocenters. The highest BCUT2D eigenvalue weighted by Crippen LogP contribution is 2.27. The molecule has 3 rings (SSSR count). The van der Waals surface area contributed by atoms with E-state index in [-0.39, 0.29) is 5.82 Å². The fraction of sp³-hybridized carbons (Fsp3) is 0.400. The Kier molecular flexibility index (Phi) is 6.30. The number of hydrogen-bond acceptors (Lipinski definition) is 5. The first kappa shape index (κ1) is 18.5. The molecule has 0 bridgehead atoms. The number of methoxy groups -OCH3 is 2. The van der Waals surface area contributed by atoms with E-state index in [1.807, 2.05) is 35.2 Å². The van der Waals surface area contributed by atoms with Crippen molar-refractivity contribution in [2.45, 2.75) is 13.1 Å². The van der Waals surface area contributed by atoms with Crippen LogP contribution < -0.4 is 19.7 Å². The van der Waals surface area contributed by atoms with E-state index in [4.69, 9.17) is 14.2 Å². The van der Waals surface area contributed by atoms with Gasteiger partial charge in [-0.25, -0.2) is 4.39 Å². The summed E-state index contributed by atoms with van der Waals surface area (Å²) in [6, 6.07) is 11.2. The van der Waals surface area contributed by atoms with Crippen LogP contribution in [0.5, 0.6) is 11.5 Å². The van der Waals surface area contributed by atoms with E-state index in [0.717, 1.165) is 24.2 Å². The molecule has 0 radical (unpaired) electrons. The highest BCUT2D eigenvalue weighted by molar-refractivity contribution is 5.49. The Morgan fingerprint density at radius 3 is 2.27 bits per heavy atom. The third kappa shape index (κ3) is 4.45. The van der Waals surface area contributed by atoms with Crippen LogP contribution in [-0.4, -0.2) is 40.5 Å². The summed E-state index contributed by atoms with van der Waals surface area (Å²) in [4.78, 5) is 2.03. The highest BCUT2D eigenvalue weighted by Gasteiger charge is 2.15. The molecule has 1 aliphatic rings. The molecule has 2 aromatic rings. The normalized spacial score (nSPS) is 14.3. The topological polar surface area (TPSA) is 43.0 Å². The van der Waals surface area contributed by atoms with Gasteiger partial charge in [-0.1, -0.05) is 12.1 Å². The van der Waals surface area contributed by atoms with Crippen LogP contribution in [0.1, 0.15) is 11.1 Å². The molecule has 1 N–H and O–H groups in total. The number of morpholine rings is 1. The summed E-state index contributed by atoms with van der Waals surface area (Å²) in [5, 5.41) is 3.34. The van der Waals surface area contributed by atoms with Gasteiger partial charge in [0.05, 0.1) is 33.1 Å². The Balaban J connectivity index is 1.57. The third-order valence-electron chi connectivity index (χ3n) is 4.47. The number of rotatable bonds is 7. The van der Waals surface area contributed by atoms with Crippen molar-refractivity contribution in [3.63, 3.8) is 0 Å². The van der Waals surface area contributed by atoms with Crippen LogP contribution in [0.15, 0.2) is 36.4 Å². The van der Waals surface area contributed by atoms with Crippen molar-refractivity contribution >= 4 is 5.69 Å². The third-order valence-corrected chi connectivity index (χ3v) is 4.47. The minimum Gasteiger partial charge on any atom is -0.493 e. The van der Waals surface area contributed by atoms with Gasteiger partial charge in [-0.2, -0.15) is 0 Å². The summed E-state index contributed by atoms with van der Waals surface area (Å²) < 4.78 is 30.3. The van der Waals surface area contributed by atoms with Gasteiger partial charge in [0, 0.05) is 26.2 Å².